The van der Waals surface area contributed by atoms with Crippen LogP contribution < -0.4 is 0 Å². The number of hydrogen-bond donors (Lipinski definition) is 0. The minimum atomic E-state index is -0.0640. The van der Waals surface area contributed by atoms with Gasteiger partial charge < -0.3 is 0 Å². The van der Waals surface area contributed by atoms with E-state index in [0.29, 0.717) is 5.69 Å². The maximum atomic E-state index is 11.1. The monoisotopic (exact) mass is 200 g/mol. The van der Waals surface area contributed by atoms with E-state index >= 15 is 0 Å². The summed E-state index contributed by atoms with van der Waals surface area (Å²) in [6.07, 6.45) is 1.79. The fourth-order valence-corrected chi connectivity index (χ4v) is 2.14. The molecule has 0 aliphatic carbocycles. The average Bonchev–Trinajstić information content (AvgIpc) is 2.44. The molecule has 0 amide bonds. The van der Waals surface area contributed by atoms with Crippen LogP contribution in [0, 0.1) is 0 Å². The predicted octanol–water partition coefficient (Wildman–Crippen LogP) is 2.25. The van der Waals surface area contributed by atoms with Crippen LogP contribution in [0.15, 0.2) is 11.6 Å². The SMILES string of the molecule is CC(=O)c1c(Cl)nc2sccn12. The molecule has 0 aliphatic heterocycles. The molecular weight excluding hydrogens is 196 g/mol. The molecule has 2 aromatic heterocycles. The van der Waals surface area contributed by atoms with Crippen molar-refractivity contribution in [2.45, 2.75) is 6.92 Å². The summed E-state index contributed by atoms with van der Waals surface area (Å²) in [4.78, 5) is 15.9. The molecule has 0 aliphatic rings. The van der Waals surface area contributed by atoms with Crippen molar-refractivity contribution in [1.82, 2.24) is 9.38 Å². The highest BCUT2D eigenvalue weighted by molar-refractivity contribution is 7.15. The lowest BCUT2D eigenvalue weighted by Gasteiger charge is -1.90. The van der Waals surface area contributed by atoms with E-state index in [1.165, 1.54) is 18.3 Å². The number of carbonyl (C=O) groups excluding carboxylic acids is 1. The molecule has 0 bridgehead atoms. The number of carbonyl (C=O) groups is 1. The summed E-state index contributed by atoms with van der Waals surface area (Å²) < 4.78 is 1.70. The molecule has 0 fully saturated rings. The van der Waals surface area contributed by atoms with Crippen molar-refractivity contribution in [3.8, 4) is 0 Å². The number of Topliss-reactive ketones (excluding diaryl/α,β-unsaturated/α-hetero) is 1. The van der Waals surface area contributed by atoms with Gasteiger partial charge in [0.15, 0.2) is 15.9 Å². The third-order valence-electron chi connectivity index (χ3n) is 1.55. The lowest BCUT2D eigenvalue weighted by atomic mass is 10.3. The van der Waals surface area contributed by atoms with Crippen LogP contribution in [0.2, 0.25) is 5.15 Å². The lowest BCUT2D eigenvalue weighted by Crippen LogP contribution is -1.96. The summed E-state index contributed by atoms with van der Waals surface area (Å²) in [6, 6.07) is 0. The van der Waals surface area contributed by atoms with Gasteiger partial charge in [-0.3, -0.25) is 9.20 Å². The molecule has 0 saturated heterocycles. The van der Waals surface area contributed by atoms with Crippen molar-refractivity contribution in [2.75, 3.05) is 0 Å². The Balaban J connectivity index is 2.84. The van der Waals surface area contributed by atoms with Gasteiger partial charge in [0.05, 0.1) is 0 Å². The fourth-order valence-electron chi connectivity index (χ4n) is 1.07. The van der Waals surface area contributed by atoms with Crippen LogP contribution in [0.3, 0.4) is 0 Å². The normalized spacial score (nSPS) is 10.8. The standard InChI is InChI=1S/C7H5ClN2OS/c1-4(11)5-6(8)9-7-10(5)2-3-12-7/h2-3H,1H3. The molecule has 62 valence electrons. The second-order valence-electron chi connectivity index (χ2n) is 2.36. The van der Waals surface area contributed by atoms with E-state index in [2.05, 4.69) is 4.98 Å². The van der Waals surface area contributed by atoms with Gasteiger partial charge in [-0.25, -0.2) is 4.98 Å². The molecule has 0 aromatic carbocycles. The second kappa shape index (κ2) is 2.57. The Kier molecular flexibility index (Phi) is 1.66. The molecule has 2 rings (SSSR count). The van der Waals surface area contributed by atoms with Gasteiger partial charge in [-0.1, -0.05) is 11.6 Å². The second-order valence-corrected chi connectivity index (χ2v) is 3.59. The highest BCUT2D eigenvalue weighted by Gasteiger charge is 2.14. The van der Waals surface area contributed by atoms with Crippen LogP contribution in [0.1, 0.15) is 17.4 Å². The summed E-state index contributed by atoms with van der Waals surface area (Å²) in [5.41, 5.74) is 0.466. The van der Waals surface area contributed by atoms with E-state index in [-0.39, 0.29) is 10.9 Å². The largest absolute Gasteiger partial charge is 0.293 e. The molecule has 3 nitrogen and oxygen atoms in total. The van der Waals surface area contributed by atoms with Crippen LogP contribution >= 0.6 is 22.9 Å². The number of nitrogens with zero attached hydrogens (tertiary/aromatic N) is 2. The molecule has 2 aromatic rings. The Labute approximate surface area is 77.6 Å². The Bertz CT molecular complexity index is 445. The van der Waals surface area contributed by atoms with Gasteiger partial charge in [0.2, 0.25) is 0 Å². The van der Waals surface area contributed by atoms with Gasteiger partial charge in [-0.05, 0) is 0 Å². The third kappa shape index (κ3) is 0.956. The third-order valence-corrected chi connectivity index (χ3v) is 2.57. The highest BCUT2D eigenvalue weighted by Crippen LogP contribution is 2.21. The minimum absolute atomic E-state index is 0.0640. The molecular formula is C7H5ClN2OS. The topological polar surface area (TPSA) is 34.4 Å². The lowest BCUT2D eigenvalue weighted by molar-refractivity contribution is 0.101. The van der Waals surface area contributed by atoms with Gasteiger partial charge in [0.1, 0.15) is 5.69 Å². The summed E-state index contributed by atoms with van der Waals surface area (Å²) in [5, 5.41) is 2.15. The molecule has 0 atom stereocenters. The van der Waals surface area contributed by atoms with Crippen LogP contribution in [-0.4, -0.2) is 15.2 Å². The van der Waals surface area contributed by atoms with Gasteiger partial charge >= 0.3 is 0 Å². The number of halogens is 1. The van der Waals surface area contributed by atoms with E-state index in [1.807, 2.05) is 5.38 Å². The summed E-state index contributed by atoms with van der Waals surface area (Å²) in [7, 11) is 0. The molecule has 0 spiro atoms. The van der Waals surface area contributed by atoms with Gasteiger partial charge in [0, 0.05) is 18.5 Å². The first-order valence-electron chi connectivity index (χ1n) is 3.32. The first-order chi connectivity index (χ1) is 5.70. The summed E-state index contributed by atoms with van der Waals surface area (Å²) in [6.45, 7) is 1.48. The molecule has 2 heterocycles. The van der Waals surface area contributed by atoms with Gasteiger partial charge in [-0.2, -0.15) is 0 Å². The number of aromatic nitrogens is 2. The van der Waals surface area contributed by atoms with Crippen molar-refractivity contribution in [3.05, 3.63) is 22.4 Å². The zero-order chi connectivity index (χ0) is 8.72. The molecule has 0 unspecified atom stereocenters. The number of hydrogen-bond acceptors (Lipinski definition) is 3. The maximum absolute atomic E-state index is 11.1. The number of ketones is 1. The zero-order valence-electron chi connectivity index (χ0n) is 6.24. The van der Waals surface area contributed by atoms with Crippen molar-refractivity contribution in [2.24, 2.45) is 0 Å². The minimum Gasteiger partial charge on any atom is -0.293 e. The smallest absolute Gasteiger partial charge is 0.195 e. The first kappa shape index (κ1) is 7.76. The Morgan fingerprint density at radius 3 is 3.17 bits per heavy atom. The van der Waals surface area contributed by atoms with Crippen LogP contribution in [0.4, 0.5) is 0 Å². The zero-order valence-corrected chi connectivity index (χ0v) is 7.82. The van der Waals surface area contributed by atoms with Crippen molar-refractivity contribution >= 4 is 33.7 Å². The van der Waals surface area contributed by atoms with E-state index in [1.54, 1.807) is 10.6 Å². The molecule has 0 saturated carbocycles. The maximum Gasteiger partial charge on any atom is 0.195 e. The van der Waals surface area contributed by atoms with Crippen molar-refractivity contribution in [3.63, 3.8) is 0 Å². The van der Waals surface area contributed by atoms with E-state index < -0.39 is 0 Å². The van der Waals surface area contributed by atoms with Gasteiger partial charge in [0.25, 0.3) is 0 Å². The molecule has 12 heavy (non-hydrogen) atoms. The van der Waals surface area contributed by atoms with E-state index in [4.69, 9.17) is 11.6 Å². The van der Waals surface area contributed by atoms with Crippen LogP contribution in [0.5, 0.6) is 0 Å². The number of imidazole rings is 1. The molecule has 0 N–H and O–H groups in total. The Morgan fingerprint density at radius 2 is 2.50 bits per heavy atom. The molecule has 0 radical (unpaired) electrons. The summed E-state index contributed by atoms with van der Waals surface area (Å²) >= 11 is 7.21. The van der Waals surface area contributed by atoms with Crippen molar-refractivity contribution < 1.29 is 4.79 Å². The van der Waals surface area contributed by atoms with Gasteiger partial charge in [-0.15, -0.1) is 11.3 Å². The predicted molar refractivity (Wildman–Crippen MR) is 48.1 cm³/mol. The fraction of sp³-hybridized carbons (Fsp3) is 0.143. The Morgan fingerprint density at radius 1 is 1.75 bits per heavy atom. The number of fused-ring (bicyclic) bond motifs is 1. The number of rotatable bonds is 1. The first-order valence-corrected chi connectivity index (χ1v) is 4.58. The quantitative estimate of drug-likeness (QED) is 0.662. The van der Waals surface area contributed by atoms with Crippen LogP contribution in [0.25, 0.3) is 4.96 Å². The van der Waals surface area contributed by atoms with E-state index in [0.717, 1.165) is 4.96 Å². The highest BCUT2D eigenvalue weighted by atomic mass is 35.5. The van der Waals surface area contributed by atoms with Crippen LogP contribution in [-0.2, 0) is 0 Å². The number of thiazole rings is 1. The molecule has 5 heteroatoms. The van der Waals surface area contributed by atoms with E-state index in [9.17, 15) is 4.79 Å². The Hall–Kier alpha value is -0.870. The van der Waals surface area contributed by atoms with Crippen molar-refractivity contribution in [1.29, 1.82) is 0 Å². The average molecular weight is 201 g/mol. The summed E-state index contributed by atoms with van der Waals surface area (Å²) in [5.74, 6) is -0.0640.